The van der Waals surface area contributed by atoms with E-state index in [0.717, 1.165) is 6.08 Å². The summed E-state index contributed by atoms with van der Waals surface area (Å²) in [6.07, 6.45) is 1.47. The average Bonchev–Trinajstić information content (AvgIpc) is 2.43. The molecular formula is C10H12O5. The highest BCUT2D eigenvalue weighted by Crippen LogP contribution is 2.42. The van der Waals surface area contributed by atoms with Gasteiger partial charge in [-0.2, -0.15) is 0 Å². The van der Waals surface area contributed by atoms with E-state index in [4.69, 9.17) is 9.47 Å². The molecule has 2 rings (SSSR count). The van der Waals surface area contributed by atoms with Crippen molar-refractivity contribution in [3.63, 3.8) is 0 Å². The lowest BCUT2D eigenvalue weighted by atomic mass is 9.86. The zero-order valence-electron chi connectivity index (χ0n) is 8.14. The van der Waals surface area contributed by atoms with Gasteiger partial charge in [0.1, 0.15) is 0 Å². The highest BCUT2D eigenvalue weighted by atomic mass is 16.7. The summed E-state index contributed by atoms with van der Waals surface area (Å²) in [5.74, 6) is -2.91. The monoisotopic (exact) mass is 212 g/mol. The predicted octanol–water partition coefficient (Wildman–Crippen LogP) is 0.130. The molecule has 2 bridgehead atoms. The van der Waals surface area contributed by atoms with E-state index in [-0.39, 0.29) is 12.3 Å². The van der Waals surface area contributed by atoms with Gasteiger partial charge in [0.2, 0.25) is 5.79 Å². The maximum Gasteiger partial charge on any atom is 0.330 e. The van der Waals surface area contributed by atoms with Crippen LogP contribution < -0.4 is 0 Å². The van der Waals surface area contributed by atoms with E-state index >= 15 is 0 Å². The zero-order valence-corrected chi connectivity index (χ0v) is 8.14. The van der Waals surface area contributed by atoms with Crippen LogP contribution in [0.1, 0.15) is 19.3 Å². The Labute approximate surface area is 86.7 Å². The van der Waals surface area contributed by atoms with E-state index in [2.05, 4.69) is 6.58 Å². The third-order valence-corrected chi connectivity index (χ3v) is 2.86. The molecule has 1 saturated carbocycles. The third kappa shape index (κ3) is 1.63. The van der Waals surface area contributed by atoms with Crippen LogP contribution >= 0.6 is 0 Å². The molecule has 1 N–H and O–H groups in total. The Hall–Kier alpha value is -1.36. The number of hydrogen-bond donors (Lipinski definition) is 1. The fourth-order valence-corrected chi connectivity index (χ4v) is 2.07. The molecule has 1 aliphatic heterocycles. The molecule has 1 saturated heterocycles. The fraction of sp³-hybridized carbons (Fsp3) is 0.600. The summed E-state index contributed by atoms with van der Waals surface area (Å²) in [6.45, 7) is 3.26. The number of carbonyl (C=O) groups is 2. The van der Waals surface area contributed by atoms with E-state index in [1.54, 1.807) is 0 Å². The summed E-state index contributed by atoms with van der Waals surface area (Å²) in [5.41, 5.74) is 0. The largest absolute Gasteiger partial charge is 0.452 e. The van der Waals surface area contributed by atoms with Gasteiger partial charge in [-0.15, -0.1) is 0 Å². The molecule has 0 aromatic rings. The molecule has 0 amide bonds. The van der Waals surface area contributed by atoms with Gasteiger partial charge < -0.3 is 14.6 Å². The minimum absolute atomic E-state index is 0.209. The molecule has 3 unspecified atom stereocenters. The molecule has 0 aromatic heterocycles. The topological polar surface area (TPSA) is 72.8 Å². The van der Waals surface area contributed by atoms with Crippen LogP contribution in [0, 0.1) is 5.92 Å². The Morgan fingerprint density at radius 2 is 2.40 bits per heavy atom. The Morgan fingerprint density at radius 3 is 3.07 bits per heavy atom. The molecular weight excluding hydrogens is 200 g/mol. The van der Waals surface area contributed by atoms with Crippen molar-refractivity contribution in [2.75, 3.05) is 0 Å². The second-order valence-corrected chi connectivity index (χ2v) is 3.87. The van der Waals surface area contributed by atoms with Gasteiger partial charge in [0, 0.05) is 12.5 Å². The molecule has 2 aliphatic rings. The predicted molar refractivity (Wildman–Crippen MR) is 48.5 cm³/mol. The summed E-state index contributed by atoms with van der Waals surface area (Å²) in [6, 6.07) is 0. The van der Waals surface area contributed by atoms with Gasteiger partial charge in [0.05, 0.1) is 5.92 Å². The SMILES string of the molecule is C=CC(=O)OC1CCC2CC1(O)OC2=O. The first-order valence-corrected chi connectivity index (χ1v) is 4.83. The summed E-state index contributed by atoms with van der Waals surface area (Å²) < 4.78 is 9.77. The maximum absolute atomic E-state index is 11.2. The molecule has 1 heterocycles. The Balaban J connectivity index is 2.11. The molecule has 3 atom stereocenters. The Bertz CT molecular complexity index is 324. The molecule has 82 valence electrons. The molecule has 0 radical (unpaired) electrons. The highest BCUT2D eigenvalue weighted by molar-refractivity contribution is 5.81. The van der Waals surface area contributed by atoms with Gasteiger partial charge in [-0.1, -0.05) is 6.58 Å². The van der Waals surface area contributed by atoms with Crippen LogP contribution in [0.2, 0.25) is 0 Å². The van der Waals surface area contributed by atoms with Crippen LogP contribution in [0.15, 0.2) is 12.7 Å². The van der Waals surface area contributed by atoms with Crippen molar-refractivity contribution in [3.05, 3.63) is 12.7 Å². The fourth-order valence-electron chi connectivity index (χ4n) is 2.07. The van der Waals surface area contributed by atoms with Crippen LogP contribution in [-0.2, 0) is 19.1 Å². The molecule has 0 spiro atoms. The molecule has 0 aromatic carbocycles. The molecule has 5 nitrogen and oxygen atoms in total. The van der Waals surface area contributed by atoms with Crippen molar-refractivity contribution in [1.29, 1.82) is 0 Å². The van der Waals surface area contributed by atoms with Gasteiger partial charge in [0.25, 0.3) is 0 Å². The lowest BCUT2D eigenvalue weighted by molar-refractivity contribution is -0.238. The molecule has 5 heteroatoms. The van der Waals surface area contributed by atoms with E-state index in [9.17, 15) is 14.7 Å². The number of ether oxygens (including phenoxy) is 2. The van der Waals surface area contributed by atoms with E-state index in [1.807, 2.05) is 0 Å². The van der Waals surface area contributed by atoms with Crippen LogP contribution in [0.5, 0.6) is 0 Å². The van der Waals surface area contributed by atoms with Crippen LogP contribution in [0.25, 0.3) is 0 Å². The van der Waals surface area contributed by atoms with Gasteiger partial charge in [-0.25, -0.2) is 4.79 Å². The molecule has 2 fully saturated rings. The van der Waals surface area contributed by atoms with Crippen molar-refractivity contribution >= 4 is 11.9 Å². The van der Waals surface area contributed by atoms with Crippen molar-refractivity contribution in [2.45, 2.75) is 31.2 Å². The van der Waals surface area contributed by atoms with Crippen molar-refractivity contribution in [1.82, 2.24) is 0 Å². The summed E-state index contributed by atoms with van der Waals surface area (Å²) in [7, 11) is 0. The van der Waals surface area contributed by atoms with Gasteiger partial charge >= 0.3 is 11.9 Å². The van der Waals surface area contributed by atoms with Crippen LogP contribution in [0.4, 0.5) is 0 Å². The molecule has 15 heavy (non-hydrogen) atoms. The van der Waals surface area contributed by atoms with Gasteiger partial charge in [0.15, 0.2) is 6.10 Å². The van der Waals surface area contributed by atoms with Crippen molar-refractivity contribution in [3.8, 4) is 0 Å². The lowest BCUT2D eigenvalue weighted by Gasteiger charge is -2.32. The first-order valence-electron chi connectivity index (χ1n) is 4.83. The van der Waals surface area contributed by atoms with Gasteiger partial charge in [-0.3, -0.25) is 4.79 Å². The van der Waals surface area contributed by atoms with Crippen LogP contribution in [-0.4, -0.2) is 28.9 Å². The normalized spacial score (nSPS) is 38.3. The van der Waals surface area contributed by atoms with E-state index in [0.29, 0.717) is 12.8 Å². The number of hydrogen-bond acceptors (Lipinski definition) is 5. The first-order chi connectivity index (χ1) is 7.05. The molecule has 1 aliphatic carbocycles. The summed E-state index contributed by atoms with van der Waals surface area (Å²) in [5, 5.41) is 9.94. The summed E-state index contributed by atoms with van der Waals surface area (Å²) >= 11 is 0. The number of fused-ring (bicyclic) bond motifs is 2. The van der Waals surface area contributed by atoms with E-state index in [1.165, 1.54) is 0 Å². The second kappa shape index (κ2) is 3.34. The van der Waals surface area contributed by atoms with Crippen LogP contribution in [0.3, 0.4) is 0 Å². The number of rotatable bonds is 2. The first kappa shape index (κ1) is 10.2. The quantitative estimate of drug-likeness (QED) is 0.520. The minimum atomic E-state index is -1.63. The Morgan fingerprint density at radius 1 is 1.67 bits per heavy atom. The average molecular weight is 212 g/mol. The van der Waals surface area contributed by atoms with Crippen molar-refractivity contribution in [2.24, 2.45) is 5.92 Å². The van der Waals surface area contributed by atoms with Crippen molar-refractivity contribution < 1.29 is 24.2 Å². The zero-order chi connectivity index (χ0) is 11.1. The Kier molecular flexibility index (Phi) is 2.26. The second-order valence-electron chi connectivity index (χ2n) is 3.87. The van der Waals surface area contributed by atoms with Gasteiger partial charge in [-0.05, 0) is 12.8 Å². The lowest BCUT2D eigenvalue weighted by Crippen LogP contribution is -2.46. The number of aliphatic hydroxyl groups is 1. The minimum Gasteiger partial charge on any atom is -0.452 e. The third-order valence-electron chi connectivity index (χ3n) is 2.86. The summed E-state index contributed by atoms with van der Waals surface area (Å²) in [4.78, 5) is 22.2. The number of carbonyl (C=O) groups excluding carboxylic acids is 2. The maximum atomic E-state index is 11.2. The standard InChI is InChI=1S/C10H12O5/c1-2-8(11)14-7-4-3-6-5-10(7,13)15-9(6)12/h2,6-7,13H,1,3-5H2. The smallest absolute Gasteiger partial charge is 0.330 e. The highest BCUT2D eigenvalue weighted by Gasteiger charge is 2.56. The van der Waals surface area contributed by atoms with E-state index < -0.39 is 23.8 Å². The number of esters is 2.